The summed E-state index contributed by atoms with van der Waals surface area (Å²) in [6, 6.07) is 11.4. The smallest absolute Gasteiger partial charge is 0.256 e. The van der Waals surface area contributed by atoms with Crippen molar-refractivity contribution in [2.75, 3.05) is 19.6 Å². The zero-order chi connectivity index (χ0) is 24.7. The lowest BCUT2D eigenvalue weighted by atomic mass is 9.99. The largest absolute Gasteiger partial charge is 0.348 e. The molecule has 0 unspecified atom stereocenters. The molecular weight excluding hydrogens is 532 g/mol. The van der Waals surface area contributed by atoms with Crippen LogP contribution in [0, 0.1) is 0 Å². The van der Waals surface area contributed by atoms with Crippen molar-refractivity contribution in [3.8, 4) is 0 Å². The molecule has 0 aliphatic carbocycles. The van der Waals surface area contributed by atoms with E-state index in [4.69, 9.17) is 11.6 Å². The number of benzene rings is 2. The van der Waals surface area contributed by atoms with Crippen molar-refractivity contribution in [2.45, 2.75) is 25.6 Å². The lowest BCUT2D eigenvalue weighted by Gasteiger charge is -2.38. The second-order valence-corrected chi connectivity index (χ2v) is 10.2. The van der Waals surface area contributed by atoms with Crippen molar-refractivity contribution < 1.29 is 14.4 Å². The summed E-state index contributed by atoms with van der Waals surface area (Å²) in [5.74, 6) is -0.375. The van der Waals surface area contributed by atoms with E-state index in [1.807, 2.05) is 45.9 Å². The standard InChI is InChI=1S/C26H24BrClN4O3/c1-2-25(34)32-12-18(13-32)29-24(33)15-31-14-21(20-10-17(27)6-7-23(20)31)26(35)30-9-8-19-16(11-30)4-3-5-22(19)28/h2-7,10,14,18H,1,8-9,11-13,15H2,(H,29,33). The second-order valence-electron chi connectivity index (χ2n) is 8.90. The maximum atomic E-state index is 13.6. The summed E-state index contributed by atoms with van der Waals surface area (Å²) in [4.78, 5) is 41.4. The lowest BCUT2D eigenvalue weighted by molar-refractivity contribution is -0.133. The normalized spacial score (nSPS) is 15.5. The quantitative estimate of drug-likeness (QED) is 0.487. The van der Waals surface area contributed by atoms with E-state index < -0.39 is 0 Å². The minimum absolute atomic E-state index is 0.0737. The Bertz CT molecular complexity index is 1360. The van der Waals surface area contributed by atoms with E-state index in [-0.39, 0.29) is 30.3 Å². The molecular formula is C26H24BrClN4O3. The molecule has 2 aliphatic rings. The number of carbonyl (C=O) groups excluding carboxylic acids is 3. The lowest BCUT2D eigenvalue weighted by Crippen LogP contribution is -2.61. The molecule has 1 N–H and O–H groups in total. The minimum atomic E-state index is -0.166. The van der Waals surface area contributed by atoms with E-state index in [1.165, 1.54) is 6.08 Å². The van der Waals surface area contributed by atoms with Crippen LogP contribution in [0.1, 0.15) is 21.5 Å². The molecule has 1 saturated heterocycles. The number of carbonyl (C=O) groups is 3. The highest BCUT2D eigenvalue weighted by molar-refractivity contribution is 9.10. The van der Waals surface area contributed by atoms with E-state index in [0.29, 0.717) is 38.2 Å². The van der Waals surface area contributed by atoms with Gasteiger partial charge in [0.2, 0.25) is 11.8 Å². The fraction of sp³-hybridized carbons (Fsp3) is 0.269. The summed E-state index contributed by atoms with van der Waals surface area (Å²) in [6.07, 6.45) is 3.75. The van der Waals surface area contributed by atoms with Crippen LogP contribution in [0.2, 0.25) is 5.02 Å². The number of rotatable bonds is 5. The molecule has 7 nitrogen and oxygen atoms in total. The van der Waals surface area contributed by atoms with Gasteiger partial charge in [-0.2, -0.15) is 0 Å². The van der Waals surface area contributed by atoms with Gasteiger partial charge >= 0.3 is 0 Å². The van der Waals surface area contributed by atoms with Crippen molar-refractivity contribution in [3.05, 3.63) is 81.4 Å². The average molecular weight is 556 g/mol. The van der Waals surface area contributed by atoms with Crippen molar-refractivity contribution >= 4 is 56.2 Å². The van der Waals surface area contributed by atoms with Crippen LogP contribution in [-0.2, 0) is 29.1 Å². The van der Waals surface area contributed by atoms with Crippen molar-refractivity contribution in [1.82, 2.24) is 19.7 Å². The molecule has 2 aromatic carbocycles. The monoisotopic (exact) mass is 554 g/mol. The third-order valence-electron chi connectivity index (χ3n) is 6.62. The van der Waals surface area contributed by atoms with Gasteiger partial charge in [0.1, 0.15) is 6.54 Å². The SMILES string of the molecule is C=CC(=O)N1CC(NC(=O)Cn2cc(C(=O)N3CCc4c(Cl)cccc4C3)c3cc(Br)ccc32)C1. The van der Waals surface area contributed by atoms with E-state index in [0.717, 1.165) is 31.5 Å². The number of nitrogens with one attached hydrogen (secondary N) is 1. The van der Waals surface area contributed by atoms with Gasteiger partial charge in [0.15, 0.2) is 0 Å². The number of likely N-dealkylation sites (tertiary alicyclic amines) is 1. The molecule has 2 aliphatic heterocycles. The zero-order valence-electron chi connectivity index (χ0n) is 19.0. The van der Waals surface area contributed by atoms with Crippen LogP contribution in [0.25, 0.3) is 10.9 Å². The highest BCUT2D eigenvalue weighted by Crippen LogP contribution is 2.30. The number of nitrogens with zero attached hydrogens (tertiary/aromatic N) is 3. The highest BCUT2D eigenvalue weighted by Gasteiger charge is 2.31. The van der Waals surface area contributed by atoms with Crippen LogP contribution in [-0.4, -0.2) is 57.8 Å². The van der Waals surface area contributed by atoms with Crippen LogP contribution in [0.3, 0.4) is 0 Å². The van der Waals surface area contributed by atoms with Crippen LogP contribution < -0.4 is 5.32 Å². The molecule has 3 heterocycles. The van der Waals surface area contributed by atoms with Gasteiger partial charge in [0.25, 0.3) is 5.91 Å². The van der Waals surface area contributed by atoms with Gasteiger partial charge in [-0.05, 0) is 47.9 Å². The van der Waals surface area contributed by atoms with Gasteiger partial charge in [-0.25, -0.2) is 0 Å². The molecule has 0 saturated carbocycles. The Kier molecular flexibility index (Phi) is 6.42. The topological polar surface area (TPSA) is 74.6 Å². The predicted octanol–water partition coefficient (Wildman–Crippen LogP) is 3.77. The first-order valence-corrected chi connectivity index (χ1v) is 12.6. The number of aromatic nitrogens is 1. The van der Waals surface area contributed by atoms with Gasteiger partial charge in [0.05, 0.1) is 11.6 Å². The molecule has 9 heteroatoms. The molecule has 180 valence electrons. The zero-order valence-corrected chi connectivity index (χ0v) is 21.3. The van der Waals surface area contributed by atoms with Gasteiger partial charge in [-0.3, -0.25) is 14.4 Å². The Morgan fingerprint density at radius 1 is 1.17 bits per heavy atom. The molecule has 0 radical (unpaired) electrons. The molecule has 0 bridgehead atoms. The van der Waals surface area contributed by atoms with Gasteiger partial charge in [-0.1, -0.05) is 46.2 Å². The molecule has 3 aromatic rings. The molecule has 0 atom stereocenters. The fourth-order valence-corrected chi connectivity index (χ4v) is 5.43. The number of fused-ring (bicyclic) bond motifs is 2. The van der Waals surface area contributed by atoms with Crippen molar-refractivity contribution in [1.29, 1.82) is 0 Å². The number of hydrogen-bond donors (Lipinski definition) is 1. The summed E-state index contributed by atoms with van der Waals surface area (Å²) in [5.41, 5.74) is 3.53. The second kappa shape index (κ2) is 9.51. The predicted molar refractivity (Wildman–Crippen MR) is 138 cm³/mol. The Balaban J connectivity index is 1.35. The van der Waals surface area contributed by atoms with E-state index >= 15 is 0 Å². The summed E-state index contributed by atoms with van der Waals surface area (Å²) in [5, 5.41) is 4.50. The molecule has 5 rings (SSSR count). The first-order valence-electron chi connectivity index (χ1n) is 11.4. The van der Waals surface area contributed by atoms with Crippen molar-refractivity contribution in [3.63, 3.8) is 0 Å². The van der Waals surface area contributed by atoms with E-state index in [1.54, 1.807) is 11.1 Å². The third kappa shape index (κ3) is 4.60. The summed E-state index contributed by atoms with van der Waals surface area (Å²) >= 11 is 9.85. The Morgan fingerprint density at radius 2 is 1.97 bits per heavy atom. The summed E-state index contributed by atoms with van der Waals surface area (Å²) < 4.78 is 2.67. The van der Waals surface area contributed by atoms with Gasteiger partial charge in [0, 0.05) is 52.8 Å². The molecule has 35 heavy (non-hydrogen) atoms. The minimum Gasteiger partial charge on any atom is -0.348 e. The molecule has 1 fully saturated rings. The third-order valence-corrected chi connectivity index (χ3v) is 7.46. The highest BCUT2D eigenvalue weighted by atomic mass is 79.9. The Morgan fingerprint density at radius 3 is 2.74 bits per heavy atom. The Hall–Kier alpha value is -3.10. The van der Waals surface area contributed by atoms with Gasteiger partial charge in [-0.15, -0.1) is 0 Å². The maximum Gasteiger partial charge on any atom is 0.256 e. The maximum absolute atomic E-state index is 13.6. The average Bonchev–Trinajstić information content (AvgIpc) is 3.17. The molecule has 1 aromatic heterocycles. The number of hydrogen-bond acceptors (Lipinski definition) is 3. The molecule has 3 amide bonds. The Labute approximate surface area is 216 Å². The first-order chi connectivity index (χ1) is 16.8. The summed E-state index contributed by atoms with van der Waals surface area (Å²) in [6.45, 7) is 5.59. The van der Waals surface area contributed by atoms with Crippen LogP contribution in [0.4, 0.5) is 0 Å². The number of amides is 3. The van der Waals surface area contributed by atoms with Crippen LogP contribution >= 0.6 is 27.5 Å². The van der Waals surface area contributed by atoms with Crippen LogP contribution in [0.15, 0.2) is 59.7 Å². The van der Waals surface area contributed by atoms with Gasteiger partial charge < -0.3 is 19.7 Å². The number of halogens is 2. The van der Waals surface area contributed by atoms with E-state index in [2.05, 4.69) is 27.8 Å². The fourth-order valence-electron chi connectivity index (χ4n) is 4.78. The summed E-state index contributed by atoms with van der Waals surface area (Å²) in [7, 11) is 0. The molecule has 0 spiro atoms. The van der Waals surface area contributed by atoms with E-state index in [9.17, 15) is 14.4 Å². The van der Waals surface area contributed by atoms with Crippen LogP contribution in [0.5, 0.6) is 0 Å². The van der Waals surface area contributed by atoms with Crippen molar-refractivity contribution in [2.24, 2.45) is 0 Å². The first kappa shape index (κ1) is 23.6.